The first-order valence-corrected chi connectivity index (χ1v) is 10.1. The molecule has 5 heteroatoms. The Kier molecular flexibility index (Phi) is 6.35. The largest absolute Gasteiger partial charge is 0.492 e. The van der Waals surface area contributed by atoms with Crippen LogP contribution in [0.25, 0.3) is 10.9 Å². The Morgan fingerprint density at radius 2 is 1.93 bits per heavy atom. The summed E-state index contributed by atoms with van der Waals surface area (Å²) in [5.41, 5.74) is 4.13. The van der Waals surface area contributed by atoms with Gasteiger partial charge in [0, 0.05) is 17.6 Å². The molecule has 4 nitrogen and oxygen atoms in total. The topological polar surface area (TPSA) is 51.2 Å². The highest BCUT2D eigenvalue weighted by atomic mass is 32.2. The quantitative estimate of drug-likeness (QED) is 0.560. The van der Waals surface area contributed by atoms with Gasteiger partial charge in [-0.25, -0.2) is 4.98 Å². The summed E-state index contributed by atoms with van der Waals surface area (Å²) >= 11 is 1.61. The second-order valence-corrected chi connectivity index (χ2v) is 7.44. The number of carbonyl (C=O) groups excluding carboxylic acids is 1. The SMILES string of the molecule is CCOc1ccccc1NC(=O)CCSc1cc(C)c2cccc(C)c2n1. The lowest BCUT2D eigenvalue weighted by atomic mass is 10.1. The number of pyridine rings is 1. The number of carbonyl (C=O) groups is 1. The minimum atomic E-state index is -0.0247. The number of amides is 1. The number of anilines is 1. The first-order chi connectivity index (χ1) is 13.1. The number of rotatable bonds is 7. The minimum Gasteiger partial charge on any atom is -0.492 e. The molecule has 3 aromatic rings. The maximum atomic E-state index is 12.3. The lowest BCUT2D eigenvalue weighted by molar-refractivity contribution is -0.115. The van der Waals surface area contributed by atoms with Crippen molar-refractivity contribution < 1.29 is 9.53 Å². The van der Waals surface area contributed by atoms with Gasteiger partial charge >= 0.3 is 0 Å². The van der Waals surface area contributed by atoms with E-state index in [2.05, 4.69) is 43.4 Å². The third-order valence-electron chi connectivity index (χ3n) is 4.26. The molecule has 0 fully saturated rings. The molecule has 1 heterocycles. The summed E-state index contributed by atoms with van der Waals surface area (Å²) in [7, 11) is 0. The van der Waals surface area contributed by atoms with E-state index in [1.165, 1.54) is 16.5 Å². The number of hydrogen-bond acceptors (Lipinski definition) is 4. The van der Waals surface area contributed by atoms with Crippen LogP contribution >= 0.6 is 11.8 Å². The Hall–Kier alpha value is -2.53. The molecule has 0 aliphatic heterocycles. The molecule has 0 saturated carbocycles. The second-order valence-electron chi connectivity index (χ2n) is 6.32. The van der Waals surface area contributed by atoms with Crippen LogP contribution in [0.15, 0.2) is 53.6 Å². The van der Waals surface area contributed by atoms with E-state index in [4.69, 9.17) is 9.72 Å². The van der Waals surface area contributed by atoms with Gasteiger partial charge in [0.1, 0.15) is 5.75 Å². The van der Waals surface area contributed by atoms with Crippen molar-refractivity contribution in [2.45, 2.75) is 32.2 Å². The molecule has 0 atom stereocenters. The van der Waals surface area contributed by atoms with Crippen LogP contribution in [0.2, 0.25) is 0 Å². The third-order valence-corrected chi connectivity index (χ3v) is 5.18. The number of thioether (sulfide) groups is 1. The molecule has 0 aliphatic carbocycles. The fourth-order valence-corrected chi connectivity index (χ4v) is 3.83. The number of fused-ring (bicyclic) bond motifs is 1. The van der Waals surface area contributed by atoms with Crippen LogP contribution in [0, 0.1) is 13.8 Å². The summed E-state index contributed by atoms with van der Waals surface area (Å²) < 4.78 is 5.55. The van der Waals surface area contributed by atoms with Crippen LogP contribution in [-0.4, -0.2) is 23.3 Å². The van der Waals surface area contributed by atoms with Crippen LogP contribution in [0.3, 0.4) is 0 Å². The van der Waals surface area contributed by atoms with Crippen LogP contribution in [-0.2, 0) is 4.79 Å². The van der Waals surface area contributed by atoms with E-state index < -0.39 is 0 Å². The number of aryl methyl sites for hydroxylation is 2. The van der Waals surface area contributed by atoms with Crippen molar-refractivity contribution in [3.8, 4) is 5.75 Å². The summed E-state index contributed by atoms with van der Waals surface area (Å²) in [6.07, 6.45) is 0.414. The molecule has 2 aromatic carbocycles. The fraction of sp³-hybridized carbons (Fsp3) is 0.273. The Bertz CT molecular complexity index is 956. The Morgan fingerprint density at radius 1 is 1.11 bits per heavy atom. The monoisotopic (exact) mass is 380 g/mol. The highest BCUT2D eigenvalue weighted by Crippen LogP contribution is 2.27. The molecule has 1 aromatic heterocycles. The highest BCUT2D eigenvalue weighted by molar-refractivity contribution is 7.99. The van der Waals surface area contributed by atoms with Gasteiger partial charge in [-0.1, -0.05) is 30.3 Å². The molecule has 0 spiro atoms. The first-order valence-electron chi connectivity index (χ1n) is 9.10. The van der Waals surface area contributed by atoms with Crippen molar-refractivity contribution in [2.75, 3.05) is 17.7 Å². The predicted octanol–water partition coefficient (Wildman–Crippen LogP) is 5.37. The van der Waals surface area contributed by atoms with E-state index in [-0.39, 0.29) is 5.91 Å². The molecule has 0 saturated heterocycles. The summed E-state index contributed by atoms with van der Waals surface area (Å²) in [5.74, 6) is 1.35. The van der Waals surface area contributed by atoms with Crippen LogP contribution in [0.1, 0.15) is 24.5 Å². The van der Waals surface area contributed by atoms with Crippen molar-refractivity contribution >= 4 is 34.3 Å². The van der Waals surface area contributed by atoms with Crippen molar-refractivity contribution in [2.24, 2.45) is 0 Å². The summed E-state index contributed by atoms with van der Waals surface area (Å²) in [6, 6.07) is 15.8. The number of benzene rings is 2. The van der Waals surface area contributed by atoms with Crippen LogP contribution < -0.4 is 10.1 Å². The van der Waals surface area contributed by atoms with Crippen molar-refractivity contribution in [1.29, 1.82) is 0 Å². The first kappa shape index (κ1) is 19.2. The molecule has 1 N–H and O–H groups in total. The molecular weight excluding hydrogens is 356 g/mol. The second kappa shape index (κ2) is 8.91. The molecule has 3 rings (SSSR count). The van der Waals surface area contributed by atoms with E-state index in [0.29, 0.717) is 30.2 Å². The van der Waals surface area contributed by atoms with Crippen LogP contribution in [0.5, 0.6) is 5.75 Å². The van der Waals surface area contributed by atoms with E-state index in [0.717, 1.165) is 10.5 Å². The molecule has 0 bridgehead atoms. The van der Waals surface area contributed by atoms with Crippen molar-refractivity contribution in [1.82, 2.24) is 4.98 Å². The van der Waals surface area contributed by atoms with Crippen molar-refractivity contribution in [3.63, 3.8) is 0 Å². The smallest absolute Gasteiger partial charge is 0.225 e. The van der Waals surface area contributed by atoms with Gasteiger partial charge in [0.25, 0.3) is 0 Å². The molecule has 140 valence electrons. The van der Waals surface area contributed by atoms with E-state index >= 15 is 0 Å². The lowest BCUT2D eigenvalue weighted by Gasteiger charge is -2.11. The summed E-state index contributed by atoms with van der Waals surface area (Å²) in [5, 5.41) is 5.07. The average molecular weight is 381 g/mol. The average Bonchev–Trinajstić information content (AvgIpc) is 2.64. The maximum Gasteiger partial charge on any atom is 0.225 e. The van der Waals surface area contributed by atoms with E-state index in [1.54, 1.807) is 11.8 Å². The van der Waals surface area contributed by atoms with Gasteiger partial charge in [-0.2, -0.15) is 0 Å². The zero-order valence-corrected chi connectivity index (χ0v) is 16.7. The normalized spacial score (nSPS) is 10.8. The Balaban J connectivity index is 1.61. The minimum absolute atomic E-state index is 0.0247. The Labute approximate surface area is 164 Å². The van der Waals surface area contributed by atoms with Gasteiger partial charge in [-0.3, -0.25) is 4.79 Å². The number of nitrogens with one attached hydrogen (secondary N) is 1. The van der Waals surface area contributed by atoms with Gasteiger partial charge in [0.05, 0.1) is 22.8 Å². The van der Waals surface area contributed by atoms with Crippen LogP contribution in [0.4, 0.5) is 5.69 Å². The third kappa shape index (κ3) is 4.80. The van der Waals surface area contributed by atoms with Gasteiger partial charge in [-0.15, -0.1) is 11.8 Å². The number of nitrogens with zero attached hydrogens (tertiary/aromatic N) is 1. The number of hydrogen-bond donors (Lipinski definition) is 1. The lowest BCUT2D eigenvalue weighted by Crippen LogP contribution is -2.13. The molecule has 0 aliphatic rings. The van der Waals surface area contributed by atoms with E-state index in [9.17, 15) is 4.79 Å². The van der Waals surface area contributed by atoms with Gasteiger partial charge in [-0.05, 0) is 50.1 Å². The molecule has 1 amide bonds. The molecule has 0 radical (unpaired) electrons. The number of aromatic nitrogens is 1. The molecule has 0 unspecified atom stereocenters. The van der Waals surface area contributed by atoms with Gasteiger partial charge < -0.3 is 10.1 Å². The van der Waals surface area contributed by atoms with Gasteiger partial charge in [0.15, 0.2) is 0 Å². The Morgan fingerprint density at radius 3 is 2.74 bits per heavy atom. The van der Waals surface area contributed by atoms with Crippen molar-refractivity contribution in [3.05, 3.63) is 59.7 Å². The predicted molar refractivity (Wildman–Crippen MR) is 113 cm³/mol. The highest BCUT2D eigenvalue weighted by Gasteiger charge is 2.09. The maximum absolute atomic E-state index is 12.3. The number of ether oxygens (including phenoxy) is 1. The zero-order chi connectivity index (χ0) is 19.2. The van der Waals surface area contributed by atoms with E-state index in [1.807, 2.05) is 31.2 Å². The fourth-order valence-electron chi connectivity index (χ4n) is 2.92. The molecular formula is C22H24N2O2S. The molecule has 27 heavy (non-hydrogen) atoms. The summed E-state index contributed by atoms with van der Waals surface area (Å²) in [4.78, 5) is 17.1. The number of para-hydroxylation sites is 3. The standard InChI is InChI=1S/C22H24N2O2S/c1-4-26-19-11-6-5-10-18(19)23-20(25)12-13-27-21-14-16(3)17-9-7-8-15(2)22(17)24-21/h5-11,14H,4,12-13H2,1-3H3,(H,23,25). The summed E-state index contributed by atoms with van der Waals surface area (Å²) in [6.45, 7) is 6.67. The zero-order valence-electron chi connectivity index (χ0n) is 15.9. The van der Waals surface area contributed by atoms with Gasteiger partial charge in [0.2, 0.25) is 5.91 Å².